The van der Waals surface area contributed by atoms with E-state index < -0.39 is 0 Å². The molecule has 2 heterocycles. The van der Waals surface area contributed by atoms with Gasteiger partial charge in [-0.25, -0.2) is 4.98 Å². The molecule has 2 N–H and O–H groups in total. The summed E-state index contributed by atoms with van der Waals surface area (Å²) in [5, 5.41) is 3.18. The highest BCUT2D eigenvalue weighted by Crippen LogP contribution is 2.32. The Morgan fingerprint density at radius 1 is 1.50 bits per heavy atom. The number of ether oxygens (including phenoxy) is 1. The summed E-state index contributed by atoms with van der Waals surface area (Å²) in [6.07, 6.45) is 4.75. The van der Waals surface area contributed by atoms with Gasteiger partial charge in [0.15, 0.2) is 0 Å². The Labute approximate surface area is 106 Å². The maximum atomic E-state index is 5.82. The van der Waals surface area contributed by atoms with E-state index in [1.807, 2.05) is 13.2 Å². The van der Waals surface area contributed by atoms with Crippen LogP contribution >= 0.6 is 0 Å². The lowest BCUT2D eigenvalue weighted by molar-refractivity contribution is 0.0440. The fraction of sp³-hybridized carbons (Fsp3) is 0.357. The van der Waals surface area contributed by atoms with E-state index in [1.165, 1.54) is 16.7 Å². The summed E-state index contributed by atoms with van der Waals surface area (Å²) in [4.78, 5) is 7.54. The van der Waals surface area contributed by atoms with Gasteiger partial charge in [-0.1, -0.05) is 18.2 Å². The van der Waals surface area contributed by atoms with Gasteiger partial charge in [-0.05, 0) is 24.6 Å². The number of aromatic nitrogens is 2. The molecule has 2 aromatic rings. The van der Waals surface area contributed by atoms with Crippen LogP contribution in [0.5, 0.6) is 0 Å². The Kier molecular flexibility index (Phi) is 3.13. The predicted octanol–water partition coefficient (Wildman–Crippen LogP) is 1.91. The van der Waals surface area contributed by atoms with Gasteiger partial charge in [-0.15, -0.1) is 0 Å². The number of hydrogen-bond donors (Lipinski definition) is 2. The van der Waals surface area contributed by atoms with Crippen molar-refractivity contribution < 1.29 is 4.74 Å². The highest BCUT2D eigenvalue weighted by molar-refractivity contribution is 5.63. The number of nitrogens with one attached hydrogen (secondary N) is 2. The first-order valence-electron chi connectivity index (χ1n) is 6.28. The van der Waals surface area contributed by atoms with Gasteiger partial charge in [0.2, 0.25) is 0 Å². The number of aromatic amines is 1. The first-order chi connectivity index (χ1) is 8.90. The van der Waals surface area contributed by atoms with Crippen LogP contribution in [0.1, 0.15) is 17.2 Å². The van der Waals surface area contributed by atoms with Crippen LogP contribution in [0.4, 0.5) is 0 Å². The zero-order valence-electron chi connectivity index (χ0n) is 10.4. The molecule has 3 rings (SSSR count). The minimum Gasteiger partial charge on any atom is -0.372 e. The monoisotopic (exact) mass is 243 g/mol. The Bertz CT molecular complexity index is 522. The molecule has 1 unspecified atom stereocenters. The van der Waals surface area contributed by atoms with Gasteiger partial charge in [-0.3, -0.25) is 0 Å². The predicted molar refractivity (Wildman–Crippen MR) is 70.3 cm³/mol. The van der Waals surface area contributed by atoms with Crippen molar-refractivity contribution in [3.05, 3.63) is 41.7 Å². The summed E-state index contributed by atoms with van der Waals surface area (Å²) in [7, 11) is 1.95. The normalized spacial score (nSPS) is 18.6. The molecule has 1 aliphatic heterocycles. The molecular weight excluding hydrogens is 226 g/mol. The second kappa shape index (κ2) is 4.92. The van der Waals surface area contributed by atoms with Gasteiger partial charge in [0.1, 0.15) is 5.82 Å². The fourth-order valence-electron chi connectivity index (χ4n) is 2.57. The largest absolute Gasteiger partial charge is 0.372 e. The van der Waals surface area contributed by atoms with Crippen LogP contribution in [0.3, 0.4) is 0 Å². The number of rotatable bonds is 3. The summed E-state index contributed by atoms with van der Waals surface area (Å²) in [5.74, 6) is 0.942. The molecule has 0 aliphatic carbocycles. The van der Waals surface area contributed by atoms with Gasteiger partial charge in [0, 0.05) is 24.5 Å². The van der Waals surface area contributed by atoms with E-state index in [1.54, 1.807) is 6.20 Å². The van der Waals surface area contributed by atoms with Crippen molar-refractivity contribution in [2.45, 2.75) is 12.5 Å². The lowest BCUT2D eigenvalue weighted by atomic mass is 9.92. The lowest BCUT2D eigenvalue weighted by Gasteiger charge is -2.27. The number of benzene rings is 1. The molecule has 0 saturated heterocycles. The van der Waals surface area contributed by atoms with Crippen LogP contribution in [-0.4, -0.2) is 30.2 Å². The van der Waals surface area contributed by atoms with Crippen molar-refractivity contribution >= 4 is 0 Å². The first kappa shape index (κ1) is 11.4. The molecule has 0 bridgehead atoms. The van der Waals surface area contributed by atoms with Crippen LogP contribution in [0, 0.1) is 0 Å². The van der Waals surface area contributed by atoms with Crippen molar-refractivity contribution in [3.63, 3.8) is 0 Å². The zero-order valence-corrected chi connectivity index (χ0v) is 10.4. The minimum atomic E-state index is 0.147. The van der Waals surface area contributed by atoms with E-state index >= 15 is 0 Å². The Morgan fingerprint density at radius 3 is 3.22 bits per heavy atom. The smallest absolute Gasteiger partial charge is 0.137 e. The number of hydrogen-bond acceptors (Lipinski definition) is 3. The zero-order chi connectivity index (χ0) is 12.4. The molecule has 4 nitrogen and oxygen atoms in total. The second-order valence-electron chi connectivity index (χ2n) is 4.48. The van der Waals surface area contributed by atoms with Crippen LogP contribution < -0.4 is 5.32 Å². The second-order valence-corrected chi connectivity index (χ2v) is 4.48. The van der Waals surface area contributed by atoms with Crippen molar-refractivity contribution in [2.24, 2.45) is 0 Å². The van der Waals surface area contributed by atoms with Crippen molar-refractivity contribution in [1.82, 2.24) is 15.3 Å². The number of imidazole rings is 1. The topological polar surface area (TPSA) is 49.9 Å². The molecule has 0 fully saturated rings. The number of fused-ring (bicyclic) bond motifs is 1. The van der Waals surface area contributed by atoms with Crippen LogP contribution in [0.15, 0.2) is 30.6 Å². The third kappa shape index (κ3) is 1.94. The highest BCUT2D eigenvalue weighted by atomic mass is 16.5. The van der Waals surface area contributed by atoms with E-state index in [9.17, 15) is 0 Å². The molecule has 1 atom stereocenters. The third-order valence-electron chi connectivity index (χ3n) is 3.37. The van der Waals surface area contributed by atoms with Crippen molar-refractivity contribution in [1.29, 1.82) is 0 Å². The minimum absolute atomic E-state index is 0.147. The fourth-order valence-corrected chi connectivity index (χ4v) is 2.57. The maximum absolute atomic E-state index is 5.82. The van der Waals surface area contributed by atoms with E-state index in [0.717, 1.165) is 25.4 Å². The summed E-state index contributed by atoms with van der Waals surface area (Å²) in [5.41, 5.74) is 3.84. The van der Waals surface area contributed by atoms with Crippen LogP contribution in [0.2, 0.25) is 0 Å². The Balaban J connectivity index is 2.06. The maximum Gasteiger partial charge on any atom is 0.137 e. The highest BCUT2D eigenvalue weighted by Gasteiger charge is 2.23. The number of nitrogens with zero attached hydrogens (tertiary/aromatic N) is 1. The SMILES string of the molecule is CNCC1OCCc2c(-c3ncc[nH]3)cccc21. The average molecular weight is 243 g/mol. The van der Waals surface area contributed by atoms with Crippen LogP contribution in [0.25, 0.3) is 11.4 Å². The summed E-state index contributed by atoms with van der Waals surface area (Å²) < 4.78 is 5.82. The molecule has 4 heteroatoms. The summed E-state index contributed by atoms with van der Waals surface area (Å²) in [6, 6.07) is 6.36. The standard InChI is InChI=1S/C14H17N3O/c1-15-9-13-11-3-2-4-12(10(11)5-8-18-13)14-16-6-7-17-14/h2-4,6-7,13,15H,5,8-9H2,1H3,(H,16,17). The first-order valence-corrected chi connectivity index (χ1v) is 6.28. The van der Waals surface area contributed by atoms with Gasteiger partial charge >= 0.3 is 0 Å². The average Bonchev–Trinajstić information content (AvgIpc) is 2.93. The van der Waals surface area contributed by atoms with E-state index in [-0.39, 0.29) is 6.10 Å². The van der Waals surface area contributed by atoms with Gasteiger partial charge < -0.3 is 15.0 Å². The molecule has 94 valence electrons. The molecule has 1 aliphatic rings. The molecule has 0 amide bonds. The van der Waals surface area contributed by atoms with E-state index in [0.29, 0.717) is 0 Å². The van der Waals surface area contributed by atoms with E-state index in [4.69, 9.17) is 4.74 Å². The Morgan fingerprint density at radius 2 is 2.44 bits per heavy atom. The lowest BCUT2D eigenvalue weighted by Crippen LogP contribution is -2.25. The van der Waals surface area contributed by atoms with Gasteiger partial charge in [0.25, 0.3) is 0 Å². The number of likely N-dealkylation sites (N-methyl/N-ethyl adjacent to an activating group) is 1. The third-order valence-corrected chi connectivity index (χ3v) is 3.37. The molecule has 0 radical (unpaired) electrons. The molecule has 0 saturated carbocycles. The summed E-state index contributed by atoms with van der Waals surface area (Å²) in [6.45, 7) is 1.62. The van der Waals surface area contributed by atoms with Gasteiger partial charge in [-0.2, -0.15) is 0 Å². The quantitative estimate of drug-likeness (QED) is 0.865. The van der Waals surface area contributed by atoms with Crippen LogP contribution in [-0.2, 0) is 11.2 Å². The molecular formula is C14H17N3O. The summed E-state index contributed by atoms with van der Waals surface area (Å²) >= 11 is 0. The van der Waals surface area contributed by atoms with E-state index in [2.05, 4.69) is 33.5 Å². The Hall–Kier alpha value is -1.65. The molecule has 18 heavy (non-hydrogen) atoms. The molecule has 1 aromatic carbocycles. The van der Waals surface area contributed by atoms with Gasteiger partial charge in [0.05, 0.1) is 12.7 Å². The van der Waals surface area contributed by atoms with Crippen molar-refractivity contribution in [2.75, 3.05) is 20.2 Å². The van der Waals surface area contributed by atoms with Crippen molar-refractivity contribution in [3.8, 4) is 11.4 Å². The number of H-pyrrole nitrogens is 1. The molecule has 0 spiro atoms. The molecule has 1 aromatic heterocycles.